The molecule has 1 aliphatic rings. The van der Waals surface area contributed by atoms with Gasteiger partial charge in [0, 0.05) is 18.5 Å². The van der Waals surface area contributed by atoms with E-state index in [2.05, 4.69) is 4.42 Å². The summed E-state index contributed by atoms with van der Waals surface area (Å²) >= 11 is 0. The van der Waals surface area contributed by atoms with E-state index in [1.54, 1.807) is 6.92 Å². The fourth-order valence-electron chi connectivity index (χ4n) is 2.17. The van der Waals surface area contributed by atoms with Crippen LogP contribution in [0.4, 0.5) is 13.2 Å². The SMILES string of the molecule is Cc1cc(C(=O)N2CC(C)(CO)C2)c(C(F)(F)F)o1. The van der Waals surface area contributed by atoms with E-state index in [1.165, 1.54) is 11.8 Å². The Hall–Kier alpha value is -1.50. The molecule has 1 fully saturated rings. The van der Waals surface area contributed by atoms with Crippen LogP contribution >= 0.6 is 0 Å². The molecule has 1 amide bonds. The third kappa shape index (κ3) is 2.47. The minimum Gasteiger partial charge on any atom is -0.456 e. The molecule has 0 aromatic carbocycles. The van der Waals surface area contributed by atoms with Crippen molar-refractivity contribution in [1.82, 2.24) is 4.90 Å². The number of halogens is 3. The van der Waals surface area contributed by atoms with Gasteiger partial charge in [-0.3, -0.25) is 4.79 Å². The number of likely N-dealkylation sites (tertiary alicyclic amines) is 1. The van der Waals surface area contributed by atoms with Gasteiger partial charge in [-0.15, -0.1) is 0 Å². The van der Waals surface area contributed by atoms with Gasteiger partial charge in [-0.2, -0.15) is 13.2 Å². The highest BCUT2D eigenvalue weighted by atomic mass is 19.4. The van der Waals surface area contributed by atoms with Gasteiger partial charge in [0.15, 0.2) is 0 Å². The lowest BCUT2D eigenvalue weighted by Crippen LogP contribution is -2.58. The average Bonchev–Trinajstić information content (AvgIpc) is 2.66. The van der Waals surface area contributed by atoms with E-state index in [0.717, 1.165) is 6.07 Å². The summed E-state index contributed by atoms with van der Waals surface area (Å²) in [6.45, 7) is 3.50. The van der Waals surface area contributed by atoms with E-state index in [0.29, 0.717) is 0 Å². The van der Waals surface area contributed by atoms with Crippen LogP contribution < -0.4 is 0 Å². The van der Waals surface area contributed by atoms with Crippen molar-refractivity contribution in [2.24, 2.45) is 5.41 Å². The van der Waals surface area contributed by atoms with Crippen molar-refractivity contribution < 1.29 is 27.5 Å². The van der Waals surface area contributed by atoms with Crippen LogP contribution in [0.25, 0.3) is 0 Å². The first-order chi connectivity index (χ1) is 8.66. The summed E-state index contributed by atoms with van der Waals surface area (Å²) in [7, 11) is 0. The molecule has 4 nitrogen and oxygen atoms in total. The molecule has 7 heteroatoms. The third-order valence-electron chi connectivity index (χ3n) is 3.16. The fourth-order valence-corrected chi connectivity index (χ4v) is 2.17. The number of aryl methyl sites for hydroxylation is 1. The van der Waals surface area contributed by atoms with Crippen LogP contribution in [0, 0.1) is 12.3 Å². The highest BCUT2D eigenvalue weighted by Gasteiger charge is 2.45. The number of furan rings is 1. The second-order valence-electron chi connectivity index (χ2n) is 5.23. The number of carbonyl (C=O) groups is 1. The van der Waals surface area contributed by atoms with Gasteiger partial charge < -0.3 is 14.4 Å². The molecule has 2 heterocycles. The monoisotopic (exact) mass is 277 g/mol. The number of hydrogen-bond acceptors (Lipinski definition) is 3. The Balaban J connectivity index is 2.22. The molecule has 1 aromatic rings. The molecule has 19 heavy (non-hydrogen) atoms. The number of aliphatic hydroxyl groups is 1. The van der Waals surface area contributed by atoms with Crippen LogP contribution in [0.3, 0.4) is 0 Å². The lowest BCUT2D eigenvalue weighted by molar-refractivity contribution is -0.153. The Morgan fingerprint density at radius 3 is 2.58 bits per heavy atom. The van der Waals surface area contributed by atoms with Crippen molar-refractivity contribution in [2.75, 3.05) is 19.7 Å². The van der Waals surface area contributed by atoms with Crippen molar-refractivity contribution in [2.45, 2.75) is 20.0 Å². The predicted octanol–water partition coefficient (Wildman–Crippen LogP) is 2.06. The molecular weight excluding hydrogens is 263 g/mol. The predicted molar refractivity (Wildman–Crippen MR) is 59.5 cm³/mol. The molecule has 1 saturated heterocycles. The largest absolute Gasteiger partial charge is 0.456 e. The molecule has 0 aliphatic carbocycles. The molecule has 0 atom stereocenters. The second kappa shape index (κ2) is 4.26. The Kier molecular flexibility index (Phi) is 3.12. The summed E-state index contributed by atoms with van der Waals surface area (Å²) in [6.07, 6.45) is -4.69. The van der Waals surface area contributed by atoms with Gasteiger partial charge in [-0.25, -0.2) is 0 Å². The van der Waals surface area contributed by atoms with Gasteiger partial charge in [0.1, 0.15) is 5.76 Å². The first-order valence-electron chi connectivity index (χ1n) is 5.74. The summed E-state index contributed by atoms with van der Waals surface area (Å²) < 4.78 is 42.7. The zero-order chi connectivity index (χ0) is 14.4. The maximum absolute atomic E-state index is 12.7. The van der Waals surface area contributed by atoms with Crippen LogP contribution in [0.5, 0.6) is 0 Å². The number of rotatable bonds is 2. The van der Waals surface area contributed by atoms with E-state index in [9.17, 15) is 18.0 Å². The van der Waals surface area contributed by atoms with Crippen molar-refractivity contribution >= 4 is 5.91 Å². The Morgan fingerprint density at radius 1 is 1.53 bits per heavy atom. The average molecular weight is 277 g/mol. The van der Waals surface area contributed by atoms with Crippen molar-refractivity contribution in [1.29, 1.82) is 0 Å². The highest BCUT2D eigenvalue weighted by molar-refractivity contribution is 5.96. The molecule has 0 bridgehead atoms. The summed E-state index contributed by atoms with van der Waals surface area (Å²) in [5.74, 6) is -1.93. The van der Waals surface area contributed by atoms with E-state index in [-0.39, 0.29) is 25.5 Å². The molecule has 0 saturated carbocycles. The fraction of sp³-hybridized carbons (Fsp3) is 0.583. The minimum absolute atomic E-state index is 0.0427. The maximum Gasteiger partial charge on any atom is 0.450 e. The number of alkyl halides is 3. The van der Waals surface area contributed by atoms with Crippen LogP contribution in [0.15, 0.2) is 10.5 Å². The topological polar surface area (TPSA) is 53.7 Å². The van der Waals surface area contributed by atoms with E-state index >= 15 is 0 Å². The minimum atomic E-state index is -4.69. The molecule has 1 aliphatic heterocycles. The molecule has 1 N–H and O–H groups in total. The lowest BCUT2D eigenvalue weighted by atomic mass is 9.82. The zero-order valence-electron chi connectivity index (χ0n) is 10.5. The maximum atomic E-state index is 12.7. The van der Waals surface area contributed by atoms with Crippen molar-refractivity contribution in [3.63, 3.8) is 0 Å². The highest BCUT2D eigenvalue weighted by Crippen LogP contribution is 2.37. The molecule has 0 unspecified atom stereocenters. The Bertz CT molecular complexity index is 501. The number of hydrogen-bond donors (Lipinski definition) is 1. The van der Waals surface area contributed by atoms with E-state index < -0.39 is 28.8 Å². The van der Waals surface area contributed by atoms with E-state index in [1.807, 2.05) is 0 Å². The Labute approximate surface area is 107 Å². The zero-order valence-corrected chi connectivity index (χ0v) is 10.5. The number of nitrogens with zero attached hydrogens (tertiary/aromatic N) is 1. The smallest absolute Gasteiger partial charge is 0.450 e. The standard InChI is InChI=1S/C12H14F3NO3/c1-7-3-8(9(19-7)12(13,14)15)10(18)16-4-11(2,5-16)6-17/h3,17H,4-6H2,1-2H3. The van der Waals surface area contributed by atoms with Gasteiger partial charge in [-0.1, -0.05) is 6.92 Å². The van der Waals surface area contributed by atoms with Crippen molar-refractivity contribution in [3.05, 3.63) is 23.2 Å². The van der Waals surface area contributed by atoms with E-state index in [4.69, 9.17) is 5.11 Å². The summed E-state index contributed by atoms with van der Waals surface area (Å²) in [5.41, 5.74) is -0.891. The van der Waals surface area contributed by atoms with Crippen LogP contribution in [0.2, 0.25) is 0 Å². The van der Waals surface area contributed by atoms with Crippen LogP contribution in [-0.2, 0) is 6.18 Å². The Morgan fingerprint density at radius 2 is 2.11 bits per heavy atom. The first kappa shape index (κ1) is 13.9. The van der Waals surface area contributed by atoms with Gasteiger partial charge in [-0.05, 0) is 13.0 Å². The molecule has 0 radical (unpaired) electrons. The third-order valence-corrected chi connectivity index (χ3v) is 3.16. The number of amides is 1. The summed E-state index contributed by atoms with van der Waals surface area (Å²) in [6, 6.07) is 1.10. The van der Waals surface area contributed by atoms with Crippen molar-refractivity contribution in [3.8, 4) is 0 Å². The number of aliphatic hydroxyl groups excluding tert-OH is 1. The lowest BCUT2D eigenvalue weighted by Gasteiger charge is -2.46. The van der Waals surface area contributed by atoms with Gasteiger partial charge in [0.25, 0.3) is 5.91 Å². The molecule has 2 rings (SSSR count). The molecule has 0 spiro atoms. The quantitative estimate of drug-likeness (QED) is 0.900. The second-order valence-corrected chi connectivity index (χ2v) is 5.23. The number of carbonyl (C=O) groups excluding carboxylic acids is 1. The van der Waals surface area contributed by atoms with Gasteiger partial charge in [0.05, 0.1) is 12.2 Å². The molecule has 1 aromatic heterocycles. The van der Waals surface area contributed by atoms with Gasteiger partial charge >= 0.3 is 6.18 Å². The summed E-state index contributed by atoms with van der Waals surface area (Å²) in [4.78, 5) is 13.3. The first-order valence-corrected chi connectivity index (χ1v) is 5.74. The molecule has 106 valence electrons. The van der Waals surface area contributed by atoms with Crippen LogP contribution in [0.1, 0.15) is 28.8 Å². The van der Waals surface area contributed by atoms with Gasteiger partial charge in [0.2, 0.25) is 5.76 Å². The molecular formula is C12H14F3NO3. The summed E-state index contributed by atoms with van der Waals surface area (Å²) in [5, 5.41) is 9.07. The normalized spacial score (nSPS) is 18.3. The van der Waals surface area contributed by atoms with Crippen LogP contribution in [-0.4, -0.2) is 35.6 Å².